The molecule has 0 aliphatic carbocycles. The van der Waals surface area contributed by atoms with E-state index in [1.165, 1.54) is 61.6 Å². The zero-order valence-electron chi connectivity index (χ0n) is 61.4. The van der Waals surface area contributed by atoms with Crippen LogP contribution in [0.25, 0.3) is 131 Å². The van der Waals surface area contributed by atoms with Crippen molar-refractivity contribution in [2.75, 3.05) is 42.7 Å². The van der Waals surface area contributed by atoms with Crippen molar-refractivity contribution in [2.45, 2.75) is 19.3 Å². The third-order valence-corrected chi connectivity index (χ3v) is 18.7. The highest BCUT2D eigenvalue weighted by atomic mass is 35.5. The molecule has 0 aliphatic heterocycles. The van der Waals surface area contributed by atoms with E-state index in [4.69, 9.17) is 40.0 Å². The summed E-state index contributed by atoms with van der Waals surface area (Å²) in [5, 5.41) is 38.5. The van der Waals surface area contributed by atoms with Crippen LogP contribution in [0.3, 0.4) is 0 Å². The molecule has 0 fully saturated rings. The standard InChI is InChI=1S/C16H9F3N2O.C15H9ClN2O.C15H10F3NO.C15H9FN2O.C15H13NO.C14H10FNO/c1-22-10-3-5-12-13(8-20)11-4-2-9(16(17,18)19)6-14(11)21-15(12)7-10;1-19-10-3-5-12-13(8-17)11-4-2-9(16)6-14(11)18-15(12)7-10;1-20-12-5-3-10-6-9-2-4-11(15(16,17)18)7-13(9)19-14(10)8-12;1-19-10-3-5-12-13(8-17)11-4-2-9(16)6-14(11)18-15(12)7-10;1-10-3-4-11-8-12-5-6-13(17-2)9-15(12)16-14(11)7-10;1-17-12-5-3-10-6-9-2-4-11(15)7-13(9)16-14(10)8-12/h2-7H,1H3;2-7H,1H3;2-8H,1H3;2-7H,1H3;3-9H,1-2H3;2-8H,1H3. The number of ether oxygens (including phenoxy) is 6. The summed E-state index contributed by atoms with van der Waals surface area (Å²) in [6.45, 7) is 2.08. The van der Waals surface area contributed by atoms with Gasteiger partial charge in [-0.25, -0.2) is 38.7 Å². The maximum Gasteiger partial charge on any atom is 0.416 e. The van der Waals surface area contributed by atoms with Gasteiger partial charge in [0, 0.05) is 118 Å². The Morgan fingerprint density at radius 2 is 0.509 bits per heavy atom. The van der Waals surface area contributed by atoms with Gasteiger partial charge >= 0.3 is 12.4 Å². The average Bonchev–Trinajstić information content (AvgIpc) is 0.782. The smallest absolute Gasteiger partial charge is 0.416 e. The van der Waals surface area contributed by atoms with Gasteiger partial charge in [-0.15, -0.1) is 0 Å². The maximum atomic E-state index is 13.3. The second kappa shape index (κ2) is 33.1. The van der Waals surface area contributed by atoms with Gasteiger partial charge in [-0.1, -0.05) is 35.9 Å². The van der Waals surface area contributed by atoms with Crippen molar-refractivity contribution in [3.8, 4) is 52.7 Å². The molecule has 6 aromatic heterocycles. The van der Waals surface area contributed by atoms with Crippen molar-refractivity contribution < 1.29 is 63.5 Å². The van der Waals surface area contributed by atoms with Crippen LogP contribution in [0.4, 0.5) is 35.1 Å². The van der Waals surface area contributed by atoms with Gasteiger partial charge in [0.1, 0.15) is 64.3 Å². The van der Waals surface area contributed by atoms with Gasteiger partial charge in [-0.2, -0.15) is 42.1 Å². The van der Waals surface area contributed by atoms with Crippen LogP contribution < -0.4 is 28.4 Å². The van der Waals surface area contributed by atoms with Gasteiger partial charge in [-0.3, -0.25) is 0 Å². The first-order chi connectivity index (χ1) is 54.9. The van der Waals surface area contributed by atoms with Crippen molar-refractivity contribution >= 4 is 142 Å². The molecule has 0 radical (unpaired) electrons. The molecule has 0 aliphatic rings. The molecule has 0 unspecified atom stereocenters. The topological polar surface area (TPSA) is 204 Å². The number of halogens is 9. The van der Waals surface area contributed by atoms with Crippen LogP contribution in [0.5, 0.6) is 34.5 Å². The Labute approximate surface area is 649 Å². The van der Waals surface area contributed by atoms with Gasteiger partial charge in [0.15, 0.2) is 0 Å². The molecule has 0 N–H and O–H groups in total. The number of alkyl halides is 6. The van der Waals surface area contributed by atoms with Crippen LogP contribution in [-0.2, 0) is 12.4 Å². The molecule has 18 rings (SSSR count). The van der Waals surface area contributed by atoms with Crippen LogP contribution in [0, 0.1) is 52.6 Å². The Morgan fingerprint density at radius 1 is 0.272 bits per heavy atom. The van der Waals surface area contributed by atoms with Crippen LogP contribution in [0.1, 0.15) is 33.4 Å². The van der Waals surface area contributed by atoms with Crippen molar-refractivity contribution in [1.82, 2.24) is 29.9 Å². The lowest BCUT2D eigenvalue weighted by atomic mass is 10.0. The Balaban J connectivity index is 0.000000120. The second-order valence-electron chi connectivity index (χ2n) is 25.6. The molecule has 0 saturated heterocycles. The van der Waals surface area contributed by atoms with Gasteiger partial charge < -0.3 is 28.4 Å². The number of aryl methyl sites for hydroxylation is 1. The molecule has 0 bridgehead atoms. The predicted molar refractivity (Wildman–Crippen MR) is 429 cm³/mol. The van der Waals surface area contributed by atoms with Crippen molar-refractivity contribution in [3.05, 3.63) is 287 Å². The average molecular weight is 1550 g/mol. The molecule has 564 valence electrons. The molecular formula is C90H60ClF8N9O6. The van der Waals surface area contributed by atoms with Gasteiger partial charge in [0.05, 0.1) is 137 Å². The van der Waals surface area contributed by atoms with Gasteiger partial charge in [-0.05, 0) is 176 Å². The van der Waals surface area contributed by atoms with E-state index in [2.05, 4.69) is 73.2 Å². The minimum atomic E-state index is -4.45. The minimum absolute atomic E-state index is 0.132. The number of hydrogen-bond donors (Lipinski definition) is 0. The Bertz CT molecular complexity index is 6690. The zero-order chi connectivity index (χ0) is 80.7. The normalized spacial score (nSPS) is 11.1. The lowest BCUT2D eigenvalue weighted by Crippen LogP contribution is -2.04. The molecule has 12 aromatic carbocycles. The molecule has 6 heterocycles. The van der Waals surface area contributed by atoms with E-state index in [0.29, 0.717) is 105 Å². The monoisotopic (exact) mass is 1550 g/mol. The Hall–Kier alpha value is -14.3. The number of rotatable bonds is 6. The van der Waals surface area contributed by atoms with E-state index in [1.54, 1.807) is 101 Å². The summed E-state index contributed by atoms with van der Waals surface area (Å²) in [6.07, 6.45) is -8.81. The lowest BCUT2D eigenvalue weighted by Gasteiger charge is -2.10. The molecule has 114 heavy (non-hydrogen) atoms. The first-order valence-corrected chi connectivity index (χ1v) is 34.9. The molecule has 18 aromatic rings. The summed E-state index contributed by atoms with van der Waals surface area (Å²) >= 11 is 5.98. The summed E-state index contributed by atoms with van der Waals surface area (Å²) in [4.78, 5) is 26.5. The zero-order valence-corrected chi connectivity index (χ0v) is 62.1. The summed E-state index contributed by atoms with van der Waals surface area (Å²) in [5.74, 6) is 3.47. The number of pyridine rings is 6. The molecule has 0 amide bonds. The number of aromatic nitrogens is 6. The summed E-state index contributed by atoms with van der Waals surface area (Å²) < 4.78 is 134. The van der Waals surface area contributed by atoms with Crippen molar-refractivity contribution in [3.63, 3.8) is 0 Å². The summed E-state index contributed by atoms with van der Waals surface area (Å²) in [6, 6.07) is 72.5. The fraction of sp³-hybridized carbons (Fsp3) is 0.100. The van der Waals surface area contributed by atoms with Crippen LogP contribution >= 0.6 is 11.6 Å². The fourth-order valence-corrected chi connectivity index (χ4v) is 12.9. The molecule has 0 spiro atoms. The third kappa shape index (κ3) is 17.0. The Morgan fingerprint density at radius 3 is 0.886 bits per heavy atom. The molecule has 24 heteroatoms. The molecular weight excluding hydrogens is 1490 g/mol. The number of hydrogen-bond acceptors (Lipinski definition) is 15. The number of nitriles is 3. The van der Waals surface area contributed by atoms with E-state index < -0.39 is 23.5 Å². The quantitative estimate of drug-likeness (QED) is 0.112. The lowest BCUT2D eigenvalue weighted by molar-refractivity contribution is -0.138. The van der Waals surface area contributed by atoms with Crippen LogP contribution in [0.2, 0.25) is 5.02 Å². The molecule has 0 atom stereocenters. The third-order valence-electron chi connectivity index (χ3n) is 18.4. The molecule has 15 nitrogen and oxygen atoms in total. The number of benzene rings is 12. The minimum Gasteiger partial charge on any atom is -0.497 e. The molecule has 0 saturated carbocycles. The SMILES string of the molecule is COc1ccc2c(C#N)c3ccc(C(F)(F)F)cc3nc2c1.COc1ccc2c(C#N)c3ccc(Cl)cc3nc2c1.COc1ccc2c(C#N)c3ccc(F)cc3nc2c1.COc1ccc2cc3ccc(C(F)(F)F)cc3nc2c1.COc1ccc2cc3ccc(C)cc3nc2c1.COc1ccc2cc3ccc(F)cc3nc2c1. The highest BCUT2D eigenvalue weighted by Crippen LogP contribution is 2.38. The number of methoxy groups -OCH3 is 6. The number of nitrogens with zero attached hydrogens (tertiary/aromatic N) is 9. The van der Waals surface area contributed by atoms with Crippen LogP contribution in [-0.4, -0.2) is 72.6 Å². The first kappa shape index (κ1) is 77.8. The first-order valence-electron chi connectivity index (χ1n) is 34.6. The van der Waals surface area contributed by atoms with Gasteiger partial charge in [0.25, 0.3) is 0 Å². The van der Waals surface area contributed by atoms with Crippen molar-refractivity contribution in [2.24, 2.45) is 0 Å². The highest BCUT2D eigenvalue weighted by molar-refractivity contribution is 6.31. The van der Waals surface area contributed by atoms with E-state index in [0.717, 1.165) is 95.5 Å². The van der Waals surface area contributed by atoms with E-state index in [-0.39, 0.29) is 17.2 Å². The highest BCUT2D eigenvalue weighted by Gasteiger charge is 2.32. The fourth-order valence-electron chi connectivity index (χ4n) is 12.7. The summed E-state index contributed by atoms with van der Waals surface area (Å²) in [5.41, 5.74) is 8.64. The number of fused-ring (bicyclic) bond motifs is 12. The largest absolute Gasteiger partial charge is 0.497 e. The van der Waals surface area contributed by atoms with E-state index >= 15 is 0 Å². The maximum absolute atomic E-state index is 13.3. The van der Waals surface area contributed by atoms with E-state index in [9.17, 15) is 50.9 Å². The predicted octanol–water partition coefficient (Wildman–Crippen LogP) is 23.3. The second-order valence-corrected chi connectivity index (χ2v) is 26.0. The Kier molecular flexibility index (Phi) is 22.6. The van der Waals surface area contributed by atoms with Crippen LogP contribution in [0.15, 0.2) is 237 Å². The van der Waals surface area contributed by atoms with Gasteiger partial charge in [0.2, 0.25) is 0 Å². The van der Waals surface area contributed by atoms with Crippen molar-refractivity contribution in [1.29, 1.82) is 15.8 Å². The summed E-state index contributed by atoms with van der Waals surface area (Å²) in [7, 11) is 9.46. The van der Waals surface area contributed by atoms with E-state index in [1.807, 2.05) is 84.9 Å².